The molecular weight excluding hydrogens is 332 g/mol. The topological polar surface area (TPSA) is 149 Å². The fourth-order valence-corrected chi connectivity index (χ4v) is 2.18. The molecule has 9 nitrogen and oxygen atoms in total. The number of primary amides is 1. The molecule has 4 N–H and O–H groups in total. The Morgan fingerprint density at radius 3 is 2.68 bits per heavy atom. The minimum absolute atomic E-state index is 0.262. The number of nitrogens with one attached hydrogen (secondary N) is 1. The van der Waals surface area contributed by atoms with E-state index in [1.807, 2.05) is 0 Å². The van der Waals surface area contributed by atoms with Crippen LogP contribution in [0.2, 0.25) is 0 Å². The largest absolute Gasteiger partial charge is 0.484 e. The molecule has 0 radical (unpaired) electrons. The van der Waals surface area contributed by atoms with Crippen molar-refractivity contribution in [3.05, 3.63) is 40.2 Å². The van der Waals surface area contributed by atoms with E-state index in [4.69, 9.17) is 20.0 Å². The van der Waals surface area contributed by atoms with Crippen LogP contribution in [-0.2, 0) is 14.4 Å². The summed E-state index contributed by atoms with van der Waals surface area (Å²) >= 11 is 0. The number of hydrogen-bond donors (Lipinski definition) is 3. The number of carboxylic acid groups (broad SMARTS) is 1. The maximum atomic E-state index is 11.8. The zero-order chi connectivity index (χ0) is 18.6. The molecule has 0 fully saturated rings. The number of amides is 2. The highest BCUT2D eigenvalue weighted by atomic mass is 16.5. The van der Waals surface area contributed by atoms with Crippen molar-refractivity contribution in [2.45, 2.75) is 19.4 Å². The molecule has 9 heteroatoms. The maximum Gasteiger partial charge on any atom is 0.336 e. The van der Waals surface area contributed by atoms with Gasteiger partial charge in [0.25, 0.3) is 5.91 Å². The quantitative estimate of drug-likeness (QED) is 0.593. The van der Waals surface area contributed by atoms with Gasteiger partial charge in [-0.25, -0.2) is 9.59 Å². The molecule has 2 aromatic rings. The first-order valence-corrected chi connectivity index (χ1v) is 7.24. The lowest BCUT2D eigenvalue weighted by molar-refractivity contribution is -0.143. The van der Waals surface area contributed by atoms with Crippen molar-refractivity contribution in [3.63, 3.8) is 0 Å². The highest BCUT2D eigenvalue weighted by molar-refractivity contribution is 5.88. The second kappa shape index (κ2) is 7.47. The number of fused-ring (bicyclic) bond motifs is 1. The third-order valence-electron chi connectivity index (χ3n) is 3.33. The molecule has 1 aromatic carbocycles. The van der Waals surface area contributed by atoms with Crippen LogP contribution in [0.5, 0.6) is 5.75 Å². The van der Waals surface area contributed by atoms with Gasteiger partial charge in [0, 0.05) is 17.5 Å². The van der Waals surface area contributed by atoms with Crippen LogP contribution in [0, 0.1) is 6.92 Å². The lowest BCUT2D eigenvalue weighted by Crippen LogP contribution is -2.45. The second-order valence-electron chi connectivity index (χ2n) is 5.32. The van der Waals surface area contributed by atoms with Gasteiger partial charge in [-0.2, -0.15) is 0 Å². The van der Waals surface area contributed by atoms with Gasteiger partial charge in [-0.1, -0.05) is 0 Å². The van der Waals surface area contributed by atoms with Crippen LogP contribution in [0.3, 0.4) is 0 Å². The van der Waals surface area contributed by atoms with E-state index >= 15 is 0 Å². The van der Waals surface area contributed by atoms with Crippen molar-refractivity contribution >= 4 is 28.8 Å². The van der Waals surface area contributed by atoms with Crippen molar-refractivity contribution in [1.82, 2.24) is 5.32 Å². The van der Waals surface area contributed by atoms with Gasteiger partial charge in [-0.05, 0) is 24.6 Å². The van der Waals surface area contributed by atoms with Gasteiger partial charge in [0.05, 0.1) is 6.42 Å². The van der Waals surface area contributed by atoms with Crippen LogP contribution >= 0.6 is 0 Å². The minimum Gasteiger partial charge on any atom is -0.484 e. The lowest BCUT2D eigenvalue weighted by atomic mass is 10.1. The van der Waals surface area contributed by atoms with Crippen LogP contribution in [-0.4, -0.2) is 35.5 Å². The number of aryl methyl sites for hydroxylation is 1. The number of rotatable bonds is 7. The number of carbonyl (C=O) groups is 3. The summed E-state index contributed by atoms with van der Waals surface area (Å²) in [6, 6.07) is 4.65. The number of nitrogens with two attached hydrogens (primary N) is 1. The Labute approximate surface area is 141 Å². The summed E-state index contributed by atoms with van der Waals surface area (Å²) in [6.45, 7) is 1.28. The Hall–Kier alpha value is -3.36. The first kappa shape index (κ1) is 18.0. The number of benzene rings is 1. The van der Waals surface area contributed by atoms with Gasteiger partial charge in [0.15, 0.2) is 6.61 Å². The van der Waals surface area contributed by atoms with Gasteiger partial charge in [0.2, 0.25) is 5.91 Å². The lowest BCUT2D eigenvalue weighted by Gasteiger charge is -2.13. The monoisotopic (exact) mass is 348 g/mol. The number of hydrogen-bond acceptors (Lipinski definition) is 6. The molecule has 132 valence electrons. The Morgan fingerprint density at radius 1 is 1.32 bits per heavy atom. The molecule has 25 heavy (non-hydrogen) atoms. The summed E-state index contributed by atoms with van der Waals surface area (Å²) in [5.41, 5.74) is 5.47. The van der Waals surface area contributed by atoms with Gasteiger partial charge in [0.1, 0.15) is 17.4 Å². The van der Waals surface area contributed by atoms with Crippen LogP contribution in [0.1, 0.15) is 12.0 Å². The average Bonchev–Trinajstić information content (AvgIpc) is 2.51. The van der Waals surface area contributed by atoms with Gasteiger partial charge in [-0.3, -0.25) is 9.59 Å². The molecule has 2 amide bonds. The summed E-state index contributed by atoms with van der Waals surface area (Å²) in [7, 11) is 0. The molecule has 0 spiro atoms. The molecule has 0 bridgehead atoms. The molecule has 1 aromatic heterocycles. The van der Waals surface area contributed by atoms with Gasteiger partial charge >= 0.3 is 11.6 Å². The Bertz CT molecular complexity index is 888. The van der Waals surface area contributed by atoms with Crippen molar-refractivity contribution in [3.8, 4) is 5.75 Å². The van der Waals surface area contributed by atoms with E-state index in [-0.39, 0.29) is 5.75 Å². The van der Waals surface area contributed by atoms with Gasteiger partial charge < -0.3 is 25.3 Å². The van der Waals surface area contributed by atoms with Crippen molar-refractivity contribution < 1.29 is 28.6 Å². The van der Waals surface area contributed by atoms with Crippen molar-refractivity contribution in [2.75, 3.05) is 6.61 Å². The minimum atomic E-state index is -1.43. The number of ether oxygens (including phenoxy) is 1. The molecule has 2 rings (SSSR count). The summed E-state index contributed by atoms with van der Waals surface area (Å²) < 4.78 is 10.3. The molecule has 0 aliphatic heterocycles. The number of aliphatic carboxylic acids is 1. The predicted molar refractivity (Wildman–Crippen MR) is 86.1 cm³/mol. The van der Waals surface area contributed by atoms with E-state index < -0.39 is 42.5 Å². The fourth-order valence-electron chi connectivity index (χ4n) is 2.18. The van der Waals surface area contributed by atoms with E-state index in [1.165, 1.54) is 12.1 Å². The van der Waals surface area contributed by atoms with Gasteiger partial charge in [-0.15, -0.1) is 0 Å². The van der Waals surface area contributed by atoms with Crippen LogP contribution in [0.4, 0.5) is 0 Å². The summed E-state index contributed by atoms with van der Waals surface area (Å²) in [5, 5.41) is 11.8. The van der Waals surface area contributed by atoms with Crippen LogP contribution < -0.4 is 21.4 Å². The first-order chi connectivity index (χ1) is 11.8. The molecular formula is C16H16N2O7. The Morgan fingerprint density at radius 2 is 2.04 bits per heavy atom. The van der Waals surface area contributed by atoms with E-state index in [9.17, 15) is 19.2 Å². The second-order valence-corrected chi connectivity index (χ2v) is 5.32. The SMILES string of the molecule is Cc1cc(=O)oc2cc(OCC(=O)N[C@@H](CC(N)=O)C(=O)O)ccc12. The van der Waals surface area contributed by atoms with Crippen molar-refractivity contribution in [2.24, 2.45) is 5.73 Å². The molecule has 0 aliphatic rings. The molecule has 0 saturated heterocycles. The predicted octanol–water partition coefficient (Wildman–Crippen LogP) is -0.0750. The molecule has 1 heterocycles. The van der Waals surface area contributed by atoms with E-state index in [0.29, 0.717) is 5.58 Å². The smallest absolute Gasteiger partial charge is 0.336 e. The summed E-state index contributed by atoms with van der Waals surface area (Å²) in [6.07, 6.45) is -0.526. The maximum absolute atomic E-state index is 11.8. The van der Waals surface area contributed by atoms with E-state index in [0.717, 1.165) is 10.9 Å². The highest BCUT2D eigenvalue weighted by Gasteiger charge is 2.22. The zero-order valence-electron chi connectivity index (χ0n) is 13.3. The summed E-state index contributed by atoms with van der Waals surface area (Å²) in [4.78, 5) is 44.9. The molecule has 1 atom stereocenters. The third-order valence-corrected chi connectivity index (χ3v) is 3.33. The van der Waals surface area contributed by atoms with Crippen LogP contribution in [0.15, 0.2) is 33.5 Å². The standard InChI is InChI=1S/C16H16N2O7/c1-8-4-15(21)25-12-5-9(2-3-10(8)12)24-7-14(20)18-11(16(22)23)6-13(17)19/h2-5,11H,6-7H2,1H3,(H2,17,19)(H,18,20)(H,22,23)/t11-/m0/s1. The Balaban J connectivity index is 2.04. The van der Waals surface area contributed by atoms with E-state index in [2.05, 4.69) is 5.32 Å². The molecule has 0 aliphatic carbocycles. The highest BCUT2D eigenvalue weighted by Crippen LogP contribution is 2.22. The fraction of sp³-hybridized carbons (Fsp3) is 0.250. The third kappa shape index (κ3) is 4.80. The number of carboxylic acids is 1. The molecule has 0 unspecified atom stereocenters. The van der Waals surface area contributed by atoms with Crippen molar-refractivity contribution in [1.29, 1.82) is 0 Å². The first-order valence-electron chi connectivity index (χ1n) is 7.24. The molecule has 0 saturated carbocycles. The Kier molecular flexibility index (Phi) is 5.38. The average molecular weight is 348 g/mol. The van der Waals surface area contributed by atoms with Crippen LogP contribution in [0.25, 0.3) is 11.0 Å². The summed E-state index contributed by atoms with van der Waals surface area (Å²) in [5.74, 6) is -2.71. The van der Waals surface area contributed by atoms with E-state index in [1.54, 1.807) is 19.1 Å². The normalized spacial score (nSPS) is 11.7. The number of carbonyl (C=O) groups excluding carboxylic acids is 2. The zero-order valence-corrected chi connectivity index (χ0v) is 13.3.